The standard InChI is InChI=1S/C13H10ClFN2O/c14-10-3-1-2-9(13(10)15)11(18)6-8-4-5-17-12(16)7-8/h1-5,7H,6H2,(H2,16,17). The molecule has 0 saturated carbocycles. The first-order valence-electron chi connectivity index (χ1n) is 5.25. The molecule has 5 heteroatoms. The zero-order valence-corrected chi connectivity index (χ0v) is 10.1. The lowest BCUT2D eigenvalue weighted by Gasteiger charge is -2.04. The molecule has 0 saturated heterocycles. The molecule has 0 amide bonds. The quantitative estimate of drug-likeness (QED) is 0.868. The second-order valence-electron chi connectivity index (χ2n) is 3.79. The van der Waals surface area contributed by atoms with Gasteiger partial charge in [-0.25, -0.2) is 9.37 Å². The fraction of sp³-hybridized carbons (Fsp3) is 0.0769. The molecule has 0 fully saturated rings. The first-order chi connectivity index (χ1) is 8.58. The molecule has 0 bridgehead atoms. The van der Waals surface area contributed by atoms with Crippen molar-refractivity contribution in [3.8, 4) is 0 Å². The van der Waals surface area contributed by atoms with Crippen molar-refractivity contribution in [2.75, 3.05) is 5.73 Å². The maximum Gasteiger partial charge on any atom is 0.170 e. The SMILES string of the molecule is Nc1cc(CC(=O)c2cccc(Cl)c2F)ccn1. The molecule has 2 aromatic rings. The number of pyridine rings is 1. The third-order valence-electron chi connectivity index (χ3n) is 2.46. The fourth-order valence-corrected chi connectivity index (χ4v) is 1.78. The van der Waals surface area contributed by atoms with Crippen molar-refractivity contribution >= 4 is 23.2 Å². The minimum absolute atomic E-state index is 0.0158. The molecule has 1 aromatic heterocycles. The van der Waals surface area contributed by atoms with Gasteiger partial charge in [0.2, 0.25) is 0 Å². The molecule has 92 valence electrons. The summed E-state index contributed by atoms with van der Waals surface area (Å²) < 4.78 is 13.6. The molecular formula is C13H10ClFN2O. The van der Waals surface area contributed by atoms with Crippen molar-refractivity contribution < 1.29 is 9.18 Å². The van der Waals surface area contributed by atoms with Crippen LogP contribution in [0.15, 0.2) is 36.5 Å². The summed E-state index contributed by atoms with van der Waals surface area (Å²) >= 11 is 5.63. The van der Waals surface area contributed by atoms with Crippen LogP contribution in [0.4, 0.5) is 10.2 Å². The van der Waals surface area contributed by atoms with E-state index >= 15 is 0 Å². The van der Waals surface area contributed by atoms with Crippen LogP contribution in [0.5, 0.6) is 0 Å². The van der Waals surface area contributed by atoms with Crippen LogP contribution in [0.1, 0.15) is 15.9 Å². The fourth-order valence-electron chi connectivity index (χ4n) is 1.60. The molecule has 0 aliphatic heterocycles. The summed E-state index contributed by atoms with van der Waals surface area (Å²) in [5.74, 6) is -0.710. The summed E-state index contributed by atoms with van der Waals surface area (Å²) in [6, 6.07) is 7.60. The van der Waals surface area contributed by atoms with Crippen LogP contribution < -0.4 is 5.73 Å². The number of benzene rings is 1. The topological polar surface area (TPSA) is 56.0 Å². The van der Waals surface area contributed by atoms with E-state index in [0.29, 0.717) is 11.4 Å². The van der Waals surface area contributed by atoms with Crippen LogP contribution in [0.2, 0.25) is 5.02 Å². The maximum atomic E-state index is 13.6. The summed E-state index contributed by atoms with van der Waals surface area (Å²) in [4.78, 5) is 15.8. The number of halogens is 2. The number of carbonyl (C=O) groups is 1. The summed E-state index contributed by atoms with van der Waals surface area (Å²) in [6.45, 7) is 0. The Morgan fingerprint density at radius 3 is 2.89 bits per heavy atom. The second-order valence-corrected chi connectivity index (χ2v) is 4.20. The number of anilines is 1. The number of hydrogen-bond acceptors (Lipinski definition) is 3. The normalized spacial score (nSPS) is 10.3. The van der Waals surface area contributed by atoms with E-state index in [1.54, 1.807) is 18.2 Å². The summed E-state index contributed by atoms with van der Waals surface area (Å²) in [6.07, 6.45) is 1.57. The Morgan fingerprint density at radius 2 is 2.17 bits per heavy atom. The van der Waals surface area contributed by atoms with E-state index < -0.39 is 5.82 Å². The molecule has 3 nitrogen and oxygen atoms in total. The Kier molecular flexibility index (Phi) is 3.58. The zero-order chi connectivity index (χ0) is 13.1. The van der Waals surface area contributed by atoms with Gasteiger partial charge in [0.25, 0.3) is 0 Å². The lowest BCUT2D eigenvalue weighted by atomic mass is 10.0. The van der Waals surface area contributed by atoms with Gasteiger partial charge in [-0.05, 0) is 29.8 Å². The Hall–Kier alpha value is -1.94. The first kappa shape index (κ1) is 12.5. The molecule has 0 aliphatic rings. The third-order valence-corrected chi connectivity index (χ3v) is 2.75. The molecule has 1 heterocycles. The number of ketones is 1. The van der Waals surface area contributed by atoms with Gasteiger partial charge in [-0.1, -0.05) is 17.7 Å². The van der Waals surface area contributed by atoms with Crippen molar-refractivity contribution in [2.24, 2.45) is 0 Å². The van der Waals surface area contributed by atoms with E-state index in [-0.39, 0.29) is 22.8 Å². The van der Waals surface area contributed by atoms with Crippen molar-refractivity contribution in [1.82, 2.24) is 4.98 Å². The van der Waals surface area contributed by atoms with Crippen LogP contribution in [-0.2, 0) is 6.42 Å². The molecule has 2 rings (SSSR count). The third kappa shape index (κ3) is 2.65. The highest BCUT2D eigenvalue weighted by atomic mass is 35.5. The number of Topliss-reactive ketones (excluding diaryl/α,β-unsaturated/α-hetero) is 1. The van der Waals surface area contributed by atoms with E-state index in [1.165, 1.54) is 18.3 Å². The molecule has 18 heavy (non-hydrogen) atoms. The average molecular weight is 265 g/mol. The van der Waals surface area contributed by atoms with Gasteiger partial charge >= 0.3 is 0 Å². The molecule has 1 aromatic carbocycles. The molecule has 0 radical (unpaired) electrons. The largest absolute Gasteiger partial charge is 0.384 e. The minimum atomic E-state index is -0.689. The van der Waals surface area contributed by atoms with Crippen molar-refractivity contribution in [1.29, 1.82) is 0 Å². The van der Waals surface area contributed by atoms with Gasteiger partial charge in [-0.2, -0.15) is 0 Å². The highest BCUT2D eigenvalue weighted by Gasteiger charge is 2.14. The number of nitrogen functional groups attached to an aromatic ring is 1. The highest BCUT2D eigenvalue weighted by molar-refractivity contribution is 6.31. The highest BCUT2D eigenvalue weighted by Crippen LogP contribution is 2.19. The number of nitrogens with two attached hydrogens (primary N) is 1. The van der Waals surface area contributed by atoms with Gasteiger partial charge in [0.05, 0.1) is 10.6 Å². The number of aromatic nitrogens is 1. The predicted molar refractivity (Wildman–Crippen MR) is 68.1 cm³/mol. The van der Waals surface area contributed by atoms with E-state index in [0.717, 1.165) is 0 Å². The lowest BCUT2D eigenvalue weighted by Crippen LogP contribution is -2.07. The maximum absolute atomic E-state index is 13.6. The number of carbonyl (C=O) groups excluding carboxylic acids is 1. The van der Waals surface area contributed by atoms with Crippen LogP contribution in [0, 0.1) is 5.82 Å². The smallest absolute Gasteiger partial charge is 0.170 e. The number of rotatable bonds is 3. The summed E-state index contributed by atoms with van der Waals surface area (Å²) in [5.41, 5.74) is 6.18. The van der Waals surface area contributed by atoms with Crippen molar-refractivity contribution in [2.45, 2.75) is 6.42 Å². The van der Waals surface area contributed by atoms with Crippen LogP contribution >= 0.6 is 11.6 Å². The van der Waals surface area contributed by atoms with Gasteiger partial charge in [-0.3, -0.25) is 4.79 Å². The first-order valence-corrected chi connectivity index (χ1v) is 5.63. The van der Waals surface area contributed by atoms with E-state index in [1.807, 2.05) is 0 Å². The molecule has 0 aliphatic carbocycles. The van der Waals surface area contributed by atoms with E-state index in [4.69, 9.17) is 17.3 Å². The van der Waals surface area contributed by atoms with Crippen LogP contribution in [0.3, 0.4) is 0 Å². The molecule has 2 N–H and O–H groups in total. The Morgan fingerprint density at radius 1 is 1.39 bits per heavy atom. The predicted octanol–water partition coefficient (Wildman–Crippen LogP) is 2.88. The Labute approximate surface area is 108 Å². The van der Waals surface area contributed by atoms with Gasteiger partial charge in [0, 0.05) is 12.6 Å². The molecule has 0 atom stereocenters. The second kappa shape index (κ2) is 5.14. The number of nitrogens with zero attached hydrogens (tertiary/aromatic N) is 1. The van der Waals surface area contributed by atoms with Crippen molar-refractivity contribution in [3.63, 3.8) is 0 Å². The van der Waals surface area contributed by atoms with Crippen molar-refractivity contribution in [3.05, 3.63) is 58.5 Å². The zero-order valence-electron chi connectivity index (χ0n) is 9.36. The molecule has 0 unspecified atom stereocenters. The molecular weight excluding hydrogens is 255 g/mol. The lowest BCUT2D eigenvalue weighted by molar-refractivity contribution is 0.0989. The van der Waals surface area contributed by atoms with Crippen LogP contribution in [-0.4, -0.2) is 10.8 Å². The van der Waals surface area contributed by atoms with E-state index in [2.05, 4.69) is 4.98 Å². The van der Waals surface area contributed by atoms with Crippen LogP contribution in [0.25, 0.3) is 0 Å². The Bertz CT molecular complexity index is 601. The summed E-state index contributed by atoms with van der Waals surface area (Å²) in [7, 11) is 0. The summed E-state index contributed by atoms with van der Waals surface area (Å²) in [5, 5.41) is -0.0601. The van der Waals surface area contributed by atoms with Gasteiger partial charge in [0.1, 0.15) is 5.82 Å². The number of hydrogen-bond donors (Lipinski definition) is 1. The average Bonchev–Trinajstić information content (AvgIpc) is 2.32. The van der Waals surface area contributed by atoms with Gasteiger partial charge in [-0.15, -0.1) is 0 Å². The molecule has 0 spiro atoms. The monoisotopic (exact) mass is 264 g/mol. The van der Waals surface area contributed by atoms with Gasteiger partial charge in [0.15, 0.2) is 11.6 Å². The van der Waals surface area contributed by atoms with Gasteiger partial charge < -0.3 is 5.73 Å². The minimum Gasteiger partial charge on any atom is -0.384 e. The van der Waals surface area contributed by atoms with E-state index in [9.17, 15) is 9.18 Å². The Balaban J connectivity index is 2.25.